The number of hydrogen-bond donors (Lipinski definition) is 1. The molecule has 30 heavy (non-hydrogen) atoms. The van der Waals surface area contributed by atoms with Crippen LogP contribution in [0.4, 0.5) is 24.9 Å². The number of nitrogens with zero attached hydrogens (tertiary/aromatic N) is 10. The van der Waals surface area contributed by atoms with Crippen LogP contribution in [0.5, 0.6) is 0 Å². The number of aryl methyl sites for hydroxylation is 2. The first-order valence-corrected chi connectivity index (χ1v) is 8.44. The van der Waals surface area contributed by atoms with Crippen LogP contribution in [0.3, 0.4) is 0 Å². The van der Waals surface area contributed by atoms with Crippen LogP contribution in [0, 0.1) is 0 Å². The molecule has 0 aliphatic rings. The summed E-state index contributed by atoms with van der Waals surface area (Å²) in [4.78, 5) is 22.9. The number of hydroxylamine groups is 1. The van der Waals surface area contributed by atoms with Gasteiger partial charge in [-0.2, -0.15) is 18.0 Å². The predicted octanol–water partition coefficient (Wildman–Crippen LogP) is 0.358. The Labute approximate surface area is 166 Å². The van der Waals surface area contributed by atoms with E-state index in [1.54, 1.807) is 6.92 Å². The maximum absolute atomic E-state index is 13.2. The molecule has 0 fully saturated rings. The Hall–Kier alpha value is -3.69. The number of halogens is 3. The quantitative estimate of drug-likeness (QED) is 0.525. The molecule has 160 valence electrons. The molecule has 0 unspecified atom stereocenters. The lowest BCUT2D eigenvalue weighted by atomic mass is 10.2. The fourth-order valence-electron chi connectivity index (χ4n) is 2.33. The SMILES string of the molecule is CCON(Cc1nnn(C)n1)c1nc(C(F)(F)F)ccc1C(=O)Nc1nnnn1C. The molecular weight excluding hydrogens is 411 g/mol. The topological polar surface area (TPSA) is 142 Å². The fraction of sp³-hybridized carbons (Fsp3) is 0.429. The van der Waals surface area contributed by atoms with Gasteiger partial charge in [-0.25, -0.2) is 14.7 Å². The lowest BCUT2D eigenvalue weighted by Gasteiger charge is -2.23. The molecule has 0 saturated heterocycles. The number of rotatable bonds is 7. The summed E-state index contributed by atoms with van der Waals surface area (Å²) in [7, 11) is 3.01. The Morgan fingerprint density at radius 1 is 1.23 bits per heavy atom. The molecule has 0 radical (unpaired) electrons. The normalized spacial score (nSPS) is 11.5. The largest absolute Gasteiger partial charge is 0.433 e. The zero-order valence-electron chi connectivity index (χ0n) is 16.0. The van der Waals surface area contributed by atoms with Gasteiger partial charge >= 0.3 is 6.18 Å². The number of alkyl halides is 3. The second-order valence-electron chi connectivity index (χ2n) is 5.80. The maximum atomic E-state index is 13.2. The molecule has 3 aromatic heterocycles. The number of hydrogen-bond acceptors (Lipinski definition) is 10. The molecule has 16 heteroatoms. The predicted molar refractivity (Wildman–Crippen MR) is 92.6 cm³/mol. The maximum Gasteiger partial charge on any atom is 0.433 e. The standard InChI is InChI=1S/C14H16F3N11O2/c1-4-30-28(7-10-20-24-27(3)22-10)11-8(5-6-9(18-11)14(15,16)17)12(29)19-13-21-23-25-26(13)2/h5-6H,4,7H2,1-3H3,(H,19,21,25,29). The smallest absolute Gasteiger partial charge is 0.289 e. The number of pyridine rings is 1. The minimum absolute atomic E-state index is 0.00981. The van der Waals surface area contributed by atoms with E-state index in [1.807, 2.05) is 0 Å². The molecule has 0 saturated carbocycles. The number of nitrogens with one attached hydrogen (secondary N) is 1. The van der Waals surface area contributed by atoms with Crippen molar-refractivity contribution in [3.63, 3.8) is 0 Å². The van der Waals surface area contributed by atoms with E-state index in [9.17, 15) is 18.0 Å². The van der Waals surface area contributed by atoms with Crippen molar-refractivity contribution in [2.24, 2.45) is 14.1 Å². The summed E-state index contributed by atoms with van der Waals surface area (Å²) < 4.78 is 40.9. The second-order valence-corrected chi connectivity index (χ2v) is 5.80. The van der Waals surface area contributed by atoms with Crippen molar-refractivity contribution in [1.29, 1.82) is 0 Å². The van der Waals surface area contributed by atoms with E-state index in [0.29, 0.717) is 6.07 Å². The van der Waals surface area contributed by atoms with Gasteiger partial charge in [-0.1, -0.05) is 5.10 Å². The molecule has 0 atom stereocenters. The molecule has 3 heterocycles. The van der Waals surface area contributed by atoms with Crippen molar-refractivity contribution in [3.8, 4) is 0 Å². The molecular formula is C14H16F3N11O2. The Bertz CT molecular complexity index is 1030. The summed E-state index contributed by atoms with van der Waals surface area (Å²) in [6.07, 6.45) is -4.74. The first kappa shape index (κ1) is 21.0. The van der Waals surface area contributed by atoms with Gasteiger partial charge in [0.2, 0.25) is 5.95 Å². The number of amides is 1. The first-order valence-electron chi connectivity index (χ1n) is 8.44. The summed E-state index contributed by atoms with van der Waals surface area (Å²) in [5.41, 5.74) is -1.41. The van der Waals surface area contributed by atoms with Crippen LogP contribution in [0.1, 0.15) is 28.8 Å². The second kappa shape index (κ2) is 8.36. The summed E-state index contributed by atoms with van der Waals surface area (Å²) in [5.74, 6) is -1.04. The number of carbonyl (C=O) groups is 1. The molecule has 0 spiro atoms. The van der Waals surface area contributed by atoms with Crippen LogP contribution in [-0.4, -0.2) is 57.9 Å². The average molecular weight is 427 g/mol. The number of aromatic nitrogens is 9. The van der Waals surface area contributed by atoms with Crippen molar-refractivity contribution < 1.29 is 22.8 Å². The van der Waals surface area contributed by atoms with E-state index in [1.165, 1.54) is 23.6 Å². The molecule has 13 nitrogen and oxygen atoms in total. The molecule has 3 rings (SSSR count). The van der Waals surface area contributed by atoms with Crippen LogP contribution >= 0.6 is 0 Å². The number of anilines is 2. The zero-order chi connectivity index (χ0) is 21.9. The Balaban J connectivity index is 2.02. The zero-order valence-corrected chi connectivity index (χ0v) is 16.0. The molecule has 0 aliphatic carbocycles. The lowest BCUT2D eigenvalue weighted by molar-refractivity contribution is -0.141. The monoisotopic (exact) mass is 427 g/mol. The van der Waals surface area contributed by atoms with Crippen molar-refractivity contribution in [1.82, 2.24) is 45.4 Å². The Morgan fingerprint density at radius 3 is 2.57 bits per heavy atom. The third-order valence-electron chi connectivity index (χ3n) is 3.61. The number of carbonyl (C=O) groups excluding carboxylic acids is 1. The first-order chi connectivity index (χ1) is 14.2. The Morgan fingerprint density at radius 2 is 2.00 bits per heavy atom. The summed E-state index contributed by atoms with van der Waals surface area (Å²) in [6.45, 7) is 1.49. The van der Waals surface area contributed by atoms with Gasteiger partial charge in [0.05, 0.1) is 19.2 Å². The van der Waals surface area contributed by atoms with Gasteiger partial charge in [-0.05, 0) is 34.7 Å². The summed E-state index contributed by atoms with van der Waals surface area (Å²) >= 11 is 0. The molecule has 0 aromatic carbocycles. The van der Waals surface area contributed by atoms with Gasteiger partial charge in [0.25, 0.3) is 5.91 Å². The van der Waals surface area contributed by atoms with E-state index in [4.69, 9.17) is 4.84 Å². The van der Waals surface area contributed by atoms with Crippen molar-refractivity contribution >= 4 is 17.7 Å². The molecule has 0 aliphatic heterocycles. The van der Waals surface area contributed by atoms with E-state index in [2.05, 4.69) is 41.2 Å². The van der Waals surface area contributed by atoms with Gasteiger partial charge in [0.15, 0.2) is 11.6 Å². The van der Waals surface area contributed by atoms with Gasteiger partial charge in [0.1, 0.15) is 12.2 Å². The Kier molecular flexibility index (Phi) is 5.86. The molecule has 1 amide bonds. The molecule has 0 bridgehead atoms. The van der Waals surface area contributed by atoms with E-state index in [-0.39, 0.29) is 36.3 Å². The highest BCUT2D eigenvalue weighted by molar-refractivity contribution is 6.06. The molecule has 3 aromatic rings. The molecule has 1 N–H and O–H groups in total. The van der Waals surface area contributed by atoms with Gasteiger partial charge in [0, 0.05) is 7.05 Å². The van der Waals surface area contributed by atoms with Crippen LogP contribution in [-0.2, 0) is 31.7 Å². The van der Waals surface area contributed by atoms with Crippen molar-refractivity contribution in [2.75, 3.05) is 17.0 Å². The number of tetrazole rings is 2. The van der Waals surface area contributed by atoms with Crippen LogP contribution in [0.2, 0.25) is 0 Å². The van der Waals surface area contributed by atoms with Gasteiger partial charge in [-0.3, -0.25) is 14.9 Å². The van der Waals surface area contributed by atoms with E-state index < -0.39 is 17.8 Å². The van der Waals surface area contributed by atoms with E-state index >= 15 is 0 Å². The third kappa shape index (κ3) is 4.65. The summed E-state index contributed by atoms with van der Waals surface area (Å²) in [5, 5.41) is 25.4. The van der Waals surface area contributed by atoms with Gasteiger partial charge < -0.3 is 0 Å². The van der Waals surface area contributed by atoms with Crippen molar-refractivity contribution in [3.05, 3.63) is 29.2 Å². The van der Waals surface area contributed by atoms with Crippen LogP contribution in [0.25, 0.3) is 0 Å². The van der Waals surface area contributed by atoms with Crippen LogP contribution < -0.4 is 10.4 Å². The van der Waals surface area contributed by atoms with Crippen LogP contribution in [0.15, 0.2) is 12.1 Å². The van der Waals surface area contributed by atoms with Gasteiger partial charge in [-0.15, -0.1) is 10.2 Å². The van der Waals surface area contributed by atoms with Crippen molar-refractivity contribution in [2.45, 2.75) is 19.6 Å². The highest BCUT2D eigenvalue weighted by Crippen LogP contribution is 2.31. The van der Waals surface area contributed by atoms with E-state index in [0.717, 1.165) is 11.1 Å². The fourth-order valence-corrected chi connectivity index (χ4v) is 2.33. The lowest BCUT2D eigenvalue weighted by Crippen LogP contribution is -2.29. The third-order valence-corrected chi connectivity index (χ3v) is 3.61. The highest BCUT2D eigenvalue weighted by Gasteiger charge is 2.35. The minimum atomic E-state index is -4.74. The highest BCUT2D eigenvalue weighted by atomic mass is 19.4. The summed E-state index contributed by atoms with van der Waals surface area (Å²) in [6, 6.07) is 1.68. The minimum Gasteiger partial charge on any atom is -0.289 e. The average Bonchev–Trinajstić information content (AvgIpc) is 3.28.